The molecule has 250 valence electrons. The van der Waals surface area contributed by atoms with Crippen molar-refractivity contribution in [1.29, 1.82) is 0 Å². The molecule has 3 amide bonds. The highest BCUT2D eigenvalue weighted by molar-refractivity contribution is 6.21. The number of carbonyl (C=O) groups is 3. The summed E-state index contributed by atoms with van der Waals surface area (Å²) in [6.45, 7) is 3.90. The number of fused-ring (bicyclic) bond motifs is 1. The highest BCUT2D eigenvalue weighted by atomic mass is 35.5. The van der Waals surface area contributed by atoms with Gasteiger partial charge in [0.1, 0.15) is 11.7 Å². The molecule has 0 aromatic heterocycles. The Hall–Kier alpha value is -5.31. The van der Waals surface area contributed by atoms with E-state index in [-0.39, 0.29) is 25.5 Å². The van der Waals surface area contributed by atoms with Crippen molar-refractivity contribution in [3.8, 4) is 11.1 Å². The van der Waals surface area contributed by atoms with Crippen LogP contribution in [-0.2, 0) is 33.0 Å². The van der Waals surface area contributed by atoms with Crippen LogP contribution in [0.3, 0.4) is 0 Å². The molecule has 1 aliphatic rings. The second-order valence-corrected chi connectivity index (χ2v) is 12.5. The van der Waals surface area contributed by atoms with Gasteiger partial charge in [-0.15, -0.1) is 12.4 Å². The van der Waals surface area contributed by atoms with Crippen LogP contribution in [0, 0.1) is 11.7 Å². The van der Waals surface area contributed by atoms with Crippen LogP contribution in [0.5, 0.6) is 0 Å². The number of halogens is 2. The zero-order valence-corrected chi connectivity index (χ0v) is 28.1. The first kappa shape index (κ1) is 35.0. The van der Waals surface area contributed by atoms with Crippen molar-refractivity contribution in [1.82, 2.24) is 5.32 Å². The van der Waals surface area contributed by atoms with Crippen molar-refractivity contribution in [2.75, 3.05) is 9.80 Å². The molecule has 0 radical (unpaired) electrons. The van der Waals surface area contributed by atoms with Crippen molar-refractivity contribution < 1.29 is 18.8 Å². The number of benzene rings is 5. The van der Waals surface area contributed by atoms with E-state index in [1.54, 1.807) is 41.3 Å². The molecule has 5 aromatic rings. The third-order valence-corrected chi connectivity index (χ3v) is 8.59. The standard InChI is InChI=1S/C40H37FN4O3.ClH/c1-40(2,42)31-20-22-32(23-21-31)45-36-15-9-8-14-35(36)44(26-27-16-18-29(19-17-27)28-10-4-3-5-11-28)38(47)33(39(45)48)24-37(46)43-25-30-12-6-7-13-34(30)41;/h3-23,33H,24-26,42H2,1-2H3,(H,43,46);1H. The van der Waals surface area contributed by atoms with Crippen LogP contribution in [0.2, 0.25) is 0 Å². The topological polar surface area (TPSA) is 95.7 Å². The van der Waals surface area contributed by atoms with Gasteiger partial charge in [0.2, 0.25) is 17.7 Å². The van der Waals surface area contributed by atoms with E-state index in [9.17, 15) is 18.8 Å². The number of nitrogens with one attached hydrogen (secondary N) is 1. The highest BCUT2D eigenvalue weighted by Crippen LogP contribution is 2.41. The van der Waals surface area contributed by atoms with Crippen LogP contribution < -0.4 is 20.9 Å². The number of carbonyl (C=O) groups excluding carboxylic acids is 3. The summed E-state index contributed by atoms with van der Waals surface area (Å²) in [7, 11) is 0. The molecule has 0 bridgehead atoms. The largest absolute Gasteiger partial charge is 0.352 e. The van der Waals surface area contributed by atoms with Gasteiger partial charge in [0.25, 0.3) is 0 Å². The number of rotatable bonds is 9. The van der Waals surface area contributed by atoms with Gasteiger partial charge >= 0.3 is 0 Å². The summed E-state index contributed by atoms with van der Waals surface area (Å²) in [6.07, 6.45) is -0.409. The Morgan fingerprint density at radius 3 is 2.00 bits per heavy atom. The minimum atomic E-state index is -1.34. The Bertz CT molecular complexity index is 1940. The molecule has 6 rings (SSSR count). The zero-order chi connectivity index (χ0) is 33.8. The van der Waals surface area contributed by atoms with Gasteiger partial charge in [0.05, 0.1) is 17.9 Å². The molecule has 0 fully saturated rings. The molecule has 0 saturated carbocycles. The predicted octanol–water partition coefficient (Wildman–Crippen LogP) is 7.64. The smallest absolute Gasteiger partial charge is 0.244 e. The Morgan fingerprint density at radius 1 is 0.755 bits per heavy atom. The molecule has 1 unspecified atom stereocenters. The normalized spacial score (nSPS) is 14.5. The highest BCUT2D eigenvalue weighted by Gasteiger charge is 2.42. The fourth-order valence-corrected chi connectivity index (χ4v) is 5.92. The first-order valence-electron chi connectivity index (χ1n) is 15.9. The molecule has 0 saturated heterocycles. The van der Waals surface area contributed by atoms with Crippen LogP contribution in [0.1, 0.15) is 37.0 Å². The average molecular weight is 677 g/mol. The fourth-order valence-electron chi connectivity index (χ4n) is 5.92. The molecule has 3 N–H and O–H groups in total. The molecule has 0 spiro atoms. The molecule has 1 atom stereocenters. The number of amides is 3. The maximum Gasteiger partial charge on any atom is 0.244 e. The molecule has 1 aliphatic heterocycles. The minimum Gasteiger partial charge on any atom is -0.352 e. The summed E-state index contributed by atoms with van der Waals surface area (Å²) >= 11 is 0. The summed E-state index contributed by atoms with van der Waals surface area (Å²) in [5.41, 5.74) is 11.5. The lowest BCUT2D eigenvalue weighted by atomic mass is 9.95. The van der Waals surface area contributed by atoms with Gasteiger partial charge in [0, 0.05) is 29.8 Å². The van der Waals surface area contributed by atoms with E-state index in [1.807, 2.05) is 98.8 Å². The van der Waals surface area contributed by atoms with Crippen molar-refractivity contribution in [3.05, 3.63) is 150 Å². The first-order chi connectivity index (χ1) is 23.1. The third-order valence-electron chi connectivity index (χ3n) is 8.59. The zero-order valence-electron chi connectivity index (χ0n) is 27.3. The number of anilines is 3. The van der Waals surface area contributed by atoms with E-state index in [2.05, 4.69) is 5.32 Å². The summed E-state index contributed by atoms with van der Waals surface area (Å²) in [4.78, 5) is 45.3. The van der Waals surface area contributed by atoms with Gasteiger partial charge in [0.15, 0.2) is 0 Å². The predicted molar refractivity (Wildman–Crippen MR) is 194 cm³/mol. The van der Waals surface area contributed by atoms with Gasteiger partial charge in [-0.3, -0.25) is 19.3 Å². The van der Waals surface area contributed by atoms with Crippen molar-refractivity contribution in [2.24, 2.45) is 11.7 Å². The molecule has 7 nitrogen and oxygen atoms in total. The van der Waals surface area contributed by atoms with Gasteiger partial charge in [-0.25, -0.2) is 4.39 Å². The Morgan fingerprint density at radius 2 is 1.35 bits per heavy atom. The maximum atomic E-state index is 14.5. The Balaban J connectivity index is 0.00000468. The van der Waals surface area contributed by atoms with Crippen LogP contribution in [0.25, 0.3) is 11.1 Å². The van der Waals surface area contributed by atoms with Gasteiger partial charge in [-0.1, -0.05) is 97.1 Å². The number of hydrogen-bond acceptors (Lipinski definition) is 4. The molecular weight excluding hydrogens is 639 g/mol. The Labute approximate surface area is 292 Å². The molecule has 49 heavy (non-hydrogen) atoms. The number of nitrogens with zero attached hydrogens (tertiary/aromatic N) is 2. The number of para-hydroxylation sites is 2. The summed E-state index contributed by atoms with van der Waals surface area (Å²) < 4.78 is 14.3. The van der Waals surface area contributed by atoms with Crippen molar-refractivity contribution >= 4 is 47.2 Å². The molecule has 9 heteroatoms. The second kappa shape index (κ2) is 14.8. The fraction of sp³-hybridized carbons (Fsp3) is 0.175. The van der Waals surface area contributed by atoms with Crippen LogP contribution >= 0.6 is 12.4 Å². The van der Waals surface area contributed by atoms with E-state index < -0.39 is 41.4 Å². The lowest BCUT2D eigenvalue weighted by molar-refractivity contribution is -0.136. The van der Waals surface area contributed by atoms with E-state index in [1.165, 1.54) is 11.0 Å². The maximum absolute atomic E-state index is 14.5. The summed E-state index contributed by atoms with van der Waals surface area (Å²) in [5, 5.41) is 2.70. The summed E-state index contributed by atoms with van der Waals surface area (Å²) in [6, 6.07) is 38.7. The van der Waals surface area contributed by atoms with E-state index in [0.29, 0.717) is 22.6 Å². The number of hydrogen-bond donors (Lipinski definition) is 2. The van der Waals surface area contributed by atoms with Crippen LogP contribution in [-0.4, -0.2) is 17.7 Å². The first-order valence-corrected chi connectivity index (χ1v) is 15.9. The van der Waals surface area contributed by atoms with Crippen molar-refractivity contribution in [3.63, 3.8) is 0 Å². The van der Waals surface area contributed by atoms with Crippen LogP contribution in [0.15, 0.2) is 127 Å². The molecular formula is C40H38ClFN4O3. The van der Waals surface area contributed by atoms with Gasteiger partial charge < -0.3 is 16.0 Å². The van der Waals surface area contributed by atoms with Gasteiger partial charge in [-0.2, -0.15) is 0 Å². The van der Waals surface area contributed by atoms with Gasteiger partial charge in [-0.05, 0) is 66.4 Å². The third kappa shape index (κ3) is 7.72. The lowest BCUT2D eigenvalue weighted by Gasteiger charge is -2.26. The lowest BCUT2D eigenvalue weighted by Crippen LogP contribution is -2.43. The average Bonchev–Trinajstić information content (AvgIpc) is 3.17. The van der Waals surface area contributed by atoms with E-state index in [4.69, 9.17) is 5.73 Å². The molecule has 0 aliphatic carbocycles. The molecule has 5 aromatic carbocycles. The van der Waals surface area contributed by atoms with E-state index in [0.717, 1.165) is 22.3 Å². The van der Waals surface area contributed by atoms with Crippen LogP contribution in [0.4, 0.5) is 21.5 Å². The second-order valence-electron chi connectivity index (χ2n) is 12.5. The number of nitrogens with two attached hydrogens (primary N) is 1. The minimum absolute atomic E-state index is 0. The SMILES string of the molecule is CC(C)(N)c1ccc(N2C(=O)C(CC(=O)NCc3ccccc3F)C(=O)N(Cc3ccc(-c4ccccc4)cc3)c3ccccc32)cc1.Cl. The van der Waals surface area contributed by atoms with Crippen molar-refractivity contribution in [2.45, 2.75) is 38.9 Å². The monoisotopic (exact) mass is 676 g/mol. The van der Waals surface area contributed by atoms with E-state index >= 15 is 0 Å². The summed E-state index contributed by atoms with van der Waals surface area (Å²) in [5.74, 6) is -3.36. The quantitative estimate of drug-likeness (QED) is 0.157. The molecule has 1 heterocycles. The Kier molecular flexibility index (Phi) is 10.6.